The van der Waals surface area contributed by atoms with E-state index in [9.17, 15) is 10.1 Å². The molecule has 1 aromatic carbocycles. The highest BCUT2D eigenvalue weighted by Gasteiger charge is 2.31. The molecule has 1 aliphatic heterocycles. The maximum Gasteiger partial charge on any atom is 0.293 e. The number of hydrogen-bond donors (Lipinski definition) is 0. The van der Waals surface area contributed by atoms with Crippen LogP contribution in [-0.4, -0.2) is 36.1 Å². The highest BCUT2D eigenvalue weighted by Crippen LogP contribution is 2.37. The van der Waals surface area contributed by atoms with Crippen molar-refractivity contribution in [1.82, 2.24) is 29.5 Å². The first-order valence-electron chi connectivity index (χ1n) is 9.86. The second-order valence-corrected chi connectivity index (χ2v) is 7.69. The Morgan fingerprint density at radius 1 is 1.29 bits per heavy atom. The molecule has 10 nitrogen and oxygen atoms in total. The Bertz CT molecular complexity index is 1360. The van der Waals surface area contributed by atoms with E-state index in [4.69, 9.17) is 9.26 Å². The first kappa shape index (κ1) is 19.1. The van der Waals surface area contributed by atoms with Crippen molar-refractivity contribution in [3.8, 4) is 6.07 Å². The number of benzene rings is 1. The van der Waals surface area contributed by atoms with Crippen molar-refractivity contribution in [2.45, 2.75) is 31.9 Å². The Hall–Kier alpha value is -3.84. The molecule has 1 aliphatic rings. The summed E-state index contributed by atoms with van der Waals surface area (Å²) in [5.41, 5.74) is 2.60. The lowest BCUT2D eigenvalue weighted by Crippen LogP contribution is -2.26. The molecule has 1 saturated heterocycles. The standard InChI is InChI=1S/C21H19N7O3/c1-12-3-5-13(6-4-12)16-7-14(10-30-16)20-24-17(31-26-20)9-28-21(29)19-18(15(8-22)25-28)23-11-27(19)2/h3-6,11,14,16H,7,9-10H2,1-2H3/t14-,16+/m0/s1. The van der Waals surface area contributed by atoms with Gasteiger partial charge in [-0.2, -0.15) is 15.3 Å². The van der Waals surface area contributed by atoms with E-state index in [1.807, 2.05) is 6.07 Å². The van der Waals surface area contributed by atoms with Crippen molar-refractivity contribution in [3.63, 3.8) is 0 Å². The van der Waals surface area contributed by atoms with Gasteiger partial charge in [0.25, 0.3) is 5.56 Å². The van der Waals surface area contributed by atoms with Crippen LogP contribution in [0.15, 0.2) is 39.9 Å². The minimum atomic E-state index is -0.377. The second-order valence-electron chi connectivity index (χ2n) is 7.69. The molecule has 4 aromatic rings. The Labute approximate surface area is 176 Å². The third kappa shape index (κ3) is 3.39. The van der Waals surface area contributed by atoms with E-state index in [0.717, 1.165) is 16.7 Å². The summed E-state index contributed by atoms with van der Waals surface area (Å²) in [6.45, 7) is 2.51. The Balaban J connectivity index is 1.37. The Morgan fingerprint density at radius 2 is 2.10 bits per heavy atom. The molecular weight excluding hydrogens is 398 g/mol. The van der Waals surface area contributed by atoms with E-state index in [1.54, 1.807) is 11.6 Å². The molecule has 0 aliphatic carbocycles. The van der Waals surface area contributed by atoms with Crippen LogP contribution in [0.4, 0.5) is 0 Å². The van der Waals surface area contributed by atoms with Crippen LogP contribution in [-0.2, 0) is 18.3 Å². The summed E-state index contributed by atoms with van der Waals surface area (Å²) in [6, 6.07) is 10.3. The fourth-order valence-corrected chi connectivity index (χ4v) is 3.82. The van der Waals surface area contributed by atoms with Crippen LogP contribution in [0.5, 0.6) is 0 Å². The zero-order valence-electron chi connectivity index (χ0n) is 17.0. The Kier molecular flexibility index (Phi) is 4.60. The molecule has 0 radical (unpaired) electrons. The van der Waals surface area contributed by atoms with Gasteiger partial charge in [0.15, 0.2) is 11.5 Å². The summed E-state index contributed by atoms with van der Waals surface area (Å²) in [7, 11) is 1.69. The van der Waals surface area contributed by atoms with Gasteiger partial charge in [-0.25, -0.2) is 9.67 Å². The van der Waals surface area contributed by atoms with Crippen molar-refractivity contribution in [1.29, 1.82) is 5.26 Å². The summed E-state index contributed by atoms with van der Waals surface area (Å²) < 4.78 is 14.0. The van der Waals surface area contributed by atoms with Crippen LogP contribution in [0.2, 0.25) is 0 Å². The molecule has 0 saturated carbocycles. The SMILES string of the molecule is Cc1ccc([C@H]2C[C@H](c3noc(Cn4nc(C#N)c5ncn(C)c5c4=O)n3)CO2)cc1. The summed E-state index contributed by atoms with van der Waals surface area (Å²) >= 11 is 0. The third-order valence-corrected chi connectivity index (χ3v) is 5.51. The van der Waals surface area contributed by atoms with E-state index >= 15 is 0 Å². The van der Waals surface area contributed by atoms with Crippen LogP contribution in [0.1, 0.15) is 47.0 Å². The topological polar surface area (TPSA) is 125 Å². The fourth-order valence-electron chi connectivity index (χ4n) is 3.82. The van der Waals surface area contributed by atoms with Crippen LogP contribution >= 0.6 is 0 Å². The largest absolute Gasteiger partial charge is 0.373 e. The average Bonchev–Trinajstić information content (AvgIpc) is 3.51. The number of ether oxygens (including phenoxy) is 1. The van der Waals surface area contributed by atoms with Gasteiger partial charge in [-0.1, -0.05) is 35.0 Å². The number of aryl methyl sites for hydroxylation is 2. The highest BCUT2D eigenvalue weighted by atomic mass is 16.5. The normalized spacial score (nSPS) is 18.5. The minimum Gasteiger partial charge on any atom is -0.373 e. The molecule has 0 N–H and O–H groups in total. The number of fused-ring (bicyclic) bond motifs is 1. The van der Waals surface area contributed by atoms with Gasteiger partial charge in [-0.3, -0.25) is 4.79 Å². The number of nitrogens with zero attached hydrogens (tertiary/aromatic N) is 7. The quantitative estimate of drug-likeness (QED) is 0.494. The molecule has 3 aromatic heterocycles. The lowest BCUT2D eigenvalue weighted by atomic mass is 9.99. The van der Waals surface area contributed by atoms with Crippen molar-refractivity contribution in [2.24, 2.45) is 7.05 Å². The summed E-state index contributed by atoms with van der Waals surface area (Å²) in [5.74, 6) is 0.788. The van der Waals surface area contributed by atoms with Crippen molar-refractivity contribution in [3.05, 3.63) is 69.5 Å². The molecule has 0 unspecified atom stereocenters. The zero-order chi connectivity index (χ0) is 21.5. The first-order valence-corrected chi connectivity index (χ1v) is 9.86. The third-order valence-electron chi connectivity index (χ3n) is 5.51. The van der Waals surface area contributed by atoms with E-state index in [-0.39, 0.29) is 41.2 Å². The van der Waals surface area contributed by atoms with Gasteiger partial charge in [0, 0.05) is 13.0 Å². The van der Waals surface area contributed by atoms with Gasteiger partial charge in [0.1, 0.15) is 23.6 Å². The predicted octanol–water partition coefficient (Wildman–Crippen LogP) is 1.99. The van der Waals surface area contributed by atoms with E-state index < -0.39 is 0 Å². The van der Waals surface area contributed by atoms with Gasteiger partial charge < -0.3 is 13.8 Å². The molecule has 5 rings (SSSR count). The summed E-state index contributed by atoms with van der Waals surface area (Å²) in [5, 5.41) is 17.6. The molecule has 10 heteroatoms. The molecule has 1 fully saturated rings. The van der Waals surface area contributed by atoms with Gasteiger partial charge in [-0.15, -0.1) is 0 Å². The smallest absolute Gasteiger partial charge is 0.293 e. The molecule has 31 heavy (non-hydrogen) atoms. The Morgan fingerprint density at radius 3 is 2.87 bits per heavy atom. The van der Waals surface area contributed by atoms with Crippen molar-refractivity contribution >= 4 is 11.0 Å². The molecule has 156 valence electrons. The lowest BCUT2D eigenvalue weighted by molar-refractivity contribution is 0.110. The van der Waals surface area contributed by atoms with Gasteiger partial charge >= 0.3 is 0 Å². The summed E-state index contributed by atoms with van der Waals surface area (Å²) in [4.78, 5) is 21.3. The van der Waals surface area contributed by atoms with Crippen molar-refractivity contribution < 1.29 is 9.26 Å². The van der Waals surface area contributed by atoms with Gasteiger partial charge in [-0.05, 0) is 18.9 Å². The van der Waals surface area contributed by atoms with E-state index in [2.05, 4.69) is 51.4 Å². The monoisotopic (exact) mass is 417 g/mol. The van der Waals surface area contributed by atoms with Crippen LogP contribution in [0, 0.1) is 18.3 Å². The number of rotatable bonds is 4. The first-order chi connectivity index (χ1) is 15.0. The molecular formula is C21H19N7O3. The molecule has 4 heterocycles. The van der Waals surface area contributed by atoms with Gasteiger partial charge in [0.2, 0.25) is 5.89 Å². The minimum absolute atomic E-state index is 0.00251. The van der Waals surface area contributed by atoms with Crippen LogP contribution in [0.25, 0.3) is 11.0 Å². The molecule has 0 spiro atoms. The number of imidazole rings is 1. The van der Waals surface area contributed by atoms with Gasteiger partial charge in [0.05, 0.1) is 19.0 Å². The predicted molar refractivity (Wildman–Crippen MR) is 108 cm³/mol. The maximum absolute atomic E-state index is 12.8. The van der Waals surface area contributed by atoms with Crippen molar-refractivity contribution in [2.75, 3.05) is 6.61 Å². The summed E-state index contributed by atoms with van der Waals surface area (Å²) in [6.07, 6.45) is 2.22. The second kappa shape index (κ2) is 7.45. The lowest BCUT2D eigenvalue weighted by Gasteiger charge is -2.09. The highest BCUT2D eigenvalue weighted by molar-refractivity contribution is 5.78. The number of hydrogen-bond acceptors (Lipinski definition) is 8. The molecule has 0 bridgehead atoms. The number of nitriles is 1. The molecule has 0 amide bonds. The van der Waals surface area contributed by atoms with Crippen LogP contribution in [0.3, 0.4) is 0 Å². The fraction of sp³-hybridized carbons (Fsp3) is 0.333. The average molecular weight is 417 g/mol. The zero-order valence-corrected chi connectivity index (χ0v) is 17.0. The molecule has 2 atom stereocenters. The number of aromatic nitrogens is 6. The maximum atomic E-state index is 12.8. The van der Waals surface area contributed by atoms with Crippen LogP contribution < -0.4 is 5.56 Å². The van der Waals surface area contributed by atoms with E-state index in [0.29, 0.717) is 17.9 Å². The van der Waals surface area contributed by atoms with E-state index in [1.165, 1.54) is 11.9 Å².